The van der Waals surface area contributed by atoms with Crippen molar-refractivity contribution in [3.63, 3.8) is 0 Å². The van der Waals surface area contributed by atoms with Crippen LogP contribution >= 0.6 is 0 Å². The molecule has 0 saturated carbocycles. The lowest BCUT2D eigenvalue weighted by atomic mass is 9.94. The Morgan fingerprint density at radius 1 is 1.32 bits per heavy atom. The molecule has 1 aromatic rings. The summed E-state index contributed by atoms with van der Waals surface area (Å²) in [7, 11) is 0. The molecule has 0 bridgehead atoms. The summed E-state index contributed by atoms with van der Waals surface area (Å²) in [6.45, 7) is 10.3. The third-order valence-electron chi connectivity index (χ3n) is 3.76. The van der Waals surface area contributed by atoms with E-state index in [1.807, 2.05) is 31.2 Å². The molecule has 0 radical (unpaired) electrons. The highest BCUT2D eigenvalue weighted by Gasteiger charge is 2.21. The molecule has 3 N–H and O–H groups in total. The monoisotopic (exact) mass is 306 g/mol. The van der Waals surface area contributed by atoms with E-state index in [1.54, 1.807) is 0 Å². The van der Waals surface area contributed by atoms with Crippen LogP contribution in [0, 0.1) is 5.92 Å². The van der Waals surface area contributed by atoms with E-state index in [1.165, 1.54) is 6.92 Å². The predicted octanol–water partition coefficient (Wildman–Crippen LogP) is 3.48. The highest BCUT2D eigenvalue weighted by molar-refractivity contribution is 5.88. The number of hydrogen-bond acceptors (Lipinski definition) is 3. The number of hydrogen-bond donors (Lipinski definition) is 3. The fraction of sp³-hybridized carbons (Fsp3) is 0.611. The molecule has 4 heteroatoms. The van der Waals surface area contributed by atoms with Gasteiger partial charge in [-0.3, -0.25) is 4.79 Å². The maximum absolute atomic E-state index is 11.1. The molecule has 0 saturated heterocycles. The second-order valence-corrected chi connectivity index (χ2v) is 6.84. The highest BCUT2D eigenvalue weighted by atomic mass is 16.3. The SMILES string of the molecule is CC(=O)Nc1cccc(C(C)NCC(C)(O)CCC(C)C)c1. The van der Waals surface area contributed by atoms with Crippen molar-refractivity contribution in [2.24, 2.45) is 5.92 Å². The summed E-state index contributed by atoms with van der Waals surface area (Å²) < 4.78 is 0. The van der Waals surface area contributed by atoms with E-state index >= 15 is 0 Å². The molecule has 1 rings (SSSR count). The van der Waals surface area contributed by atoms with E-state index in [2.05, 4.69) is 31.4 Å². The molecule has 2 unspecified atom stereocenters. The Morgan fingerprint density at radius 3 is 2.59 bits per heavy atom. The summed E-state index contributed by atoms with van der Waals surface area (Å²) in [6.07, 6.45) is 1.80. The van der Waals surface area contributed by atoms with Crippen molar-refractivity contribution in [1.29, 1.82) is 0 Å². The summed E-state index contributed by atoms with van der Waals surface area (Å²) in [6, 6.07) is 7.89. The number of amides is 1. The molecule has 1 aromatic carbocycles. The topological polar surface area (TPSA) is 61.4 Å². The van der Waals surface area contributed by atoms with E-state index in [4.69, 9.17) is 0 Å². The van der Waals surface area contributed by atoms with Crippen molar-refractivity contribution in [3.05, 3.63) is 29.8 Å². The van der Waals surface area contributed by atoms with E-state index in [-0.39, 0.29) is 11.9 Å². The van der Waals surface area contributed by atoms with Gasteiger partial charge in [0.1, 0.15) is 0 Å². The van der Waals surface area contributed by atoms with Gasteiger partial charge in [0.05, 0.1) is 5.60 Å². The molecule has 1 amide bonds. The zero-order valence-corrected chi connectivity index (χ0v) is 14.4. The molecule has 2 atom stereocenters. The number of rotatable bonds is 8. The molecule has 0 spiro atoms. The van der Waals surface area contributed by atoms with Gasteiger partial charge in [-0.2, -0.15) is 0 Å². The molecule has 124 valence electrons. The van der Waals surface area contributed by atoms with Gasteiger partial charge in [-0.25, -0.2) is 0 Å². The van der Waals surface area contributed by atoms with Crippen LogP contribution < -0.4 is 10.6 Å². The van der Waals surface area contributed by atoms with Crippen molar-refractivity contribution < 1.29 is 9.90 Å². The lowest BCUT2D eigenvalue weighted by Crippen LogP contribution is -2.39. The number of nitrogens with one attached hydrogen (secondary N) is 2. The van der Waals surface area contributed by atoms with Gasteiger partial charge in [0, 0.05) is 25.2 Å². The average Bonchev–Trinajstić information content (AvgIpc) is 2.42. The number of aliphatic hydroxyl groups is 1. The van der Waals surface area contributed by atoms with Crippen molar-refractivity contribution >= 4 is 11.6 Å². The van der Waals surface area contributed by atoms with E-state index in [9.17, 15) is 9.90 Å². The minimum Gasteiger partial charge on any atom is -0.389 e. The Hall–Kier alpha value is -1.39. The zero-order chi connectivity index (χ0) is 16.8. The lowest BCUT2D eigenvalue weighted by molar-refractivity contribution is -0.114. The molecule has 0 aliphatic carbocycles. The van der Waals surface area contributed by atoms with Gasteiger partial charge in [-0.05, 0) is 50.3 Å². The Labute approximate surface area is 134 Å². The largest absolute Gasteiger partial charge is 0.389 e. The van der Waals surface area contributed by atoms with Crippen LogP contribution in [-0.2, 0) is 4.79 Å². The maximum Gasteiger partial charge on any atom is 0.221 e. The van der Waals surface area contributed by atoms with Crippen molar-refractivity contribution in [2.45, 2.75) is 59.1 Å². The summed E-state index contributed by atoms with van der Waals surface area (Å²) in [5.74, 6) is 0.521. The van der Waals surface area contributed by atoms with Crippen LogP contribution in [0.15, 0.2) is 24.3 Å². The standard InChI is InChI=1S/C18H30N2O2/c1-13(2)9-10-18(5,22)12-19-14(3)16-7-6-8-17(11-16)20-15(4)21/h6-8,11,13-14,19,22H,9-10,12H2,1-5H3,(H,20,21). The van der Waals surface area contributed by atoms with Crippen molar-refractivity contribution in [3.8, 4) is 0 Å². The Bertz CT molecular complexity index is 484. The number of benzene rings is 1. The average molecular weight is 306 g/mol. The fourth-order valence-electron chi connectivity index (χ4n) is 2.27. The van der Waals surface area contributed by atoms with Gasteiger partial charge in [0.2, 0.25) is 5.91 Å². The molecule has 22 heavy (non-hydrogen) atoms. The first-order valence-corrected chi connectivity index (χ1v) is 8.03. The normalized spacial score (nSPS) is 15.4. The number of anilines is 1. The predicted molar refractivity (Wildman–Crippen MR) is 91.9 cm³/mol. The molecule has 0 aromatic heterocycles. The molecule has 0 heterocycles. The van der Waals surface area contributed by atoms with Gasteiger partial charge in [0.15, 0.2) is 0 Å². The van der Waals surface area contributed by atoms with Crippen LogP contribution in [0.1, 0.15) is 59.1 Å². The minimum absolute atomic E-state index is 0.0746. The second-order valence-electron chi connectivity index (χ2n) is 6.84. The minimum atomic E-state index is -0.701. The summed E-state index contributed by atoms with van der Waals surface area (Å²) in [4.78, 5) is 11.1. The van der Waals surface area contributed by atoms with Gasteiger partial charge >= 0.3 is 0 Å². The van der Waals surface area contributed by atoms with Gasteiger partial charge in [0.25, 0.3) is 0 Å². The molecule has 0 aliphatic heterocycles. The maximum atomic E-state index is 11.1. The van der Waals surface area contributed by atoms with Crippen LogP contribution in [0.2, 0.25) is 0 Å². The molecule has 4 nitrogen and oxygen atoms in total. The van der Waals surface area contributed by atoms with Crippen LogP contribution in [0.5, 0.6) is 0 Å². The van der Waals surface area contributed by atoms with Crippen molar-refractivity contribution in [2.75, 3.05) is 11.9 Å². The first-order chi connectivity index (χ1) is 10.2. The van der Waals surface area contributed by atoms with E-state index in [0.29, 0.717) is 12.5 Å². The quantitative estimate of drug-likeness (QED) is 0.689. The molecular weight excluding hydrogens is 276 g/mol. The second kappa shape index (κ2) is 8.30. The third-order valence-corrected chi connectivity index (χ3v) is 3.76. The molecule has 0 fully saturated rings. The highest BCUT2D eigenvalue weighted by Crippen LogP contribution is 2.20. The Morgan fingerprint density at radius 2 is 2.00 bits per heavy atom. The van der Waals surface area contributed by atoms with Crippen LogP contribution in [0.25, 0.3) is 0 Å². The molecule has 0 aliphatic rings. The number of carbonyl (C=O) groups excluding carboxylic acids is 1. The van der Waals surface area contributed by atoms with Crippen LogP contribution in [0.3, 0.4) is 0 Å². The third kappa shape index (κ3) is 7.05. The zero-order valence-electron chi connectivity index (χ0n) is 14.4. The summed E-state index contributed by atoms with van der Waals surface area (Å²) in [5, 5.41) is 16.6. The van der Waals surface area contributed by atoms with Gasteiger partial charge in [-0.1, -0.05) is 26.0 Å². The Kier molecular flexibility index (Phi) is 7.04. The smallest absolute Gasteiger partial charge is 0.221 e. The van der Waals surface area contributed by atoms with Gasteiger partial charge < -0.3 is 15.7 Å². The lowest BCUT2D eigenvalue weighted by Gasteiger charge is -2.27. The van der Waals surface area contributed by atoms with Crippen LogP contribution in [0.4, 0.5) is 5.69 Å². The van der Waals surface area contributed by atoms with Gasteiger partial charge in [-0.15, -0.1) is 0 Å². The summed E-state index contributed by atoms with van der Waals surface area (Å²) >= 11 is 0. The van der Waals surface area contributed by atoms with Crippen LogP contribution in [-0.4, -0.2) is 23.2 Å². The van der Waals surface area contributed by atoms with E-state index < -0.39 is 5.60 Å². The van der Waals surface area contributed by atoms with Crippen molar-refractivity contribution in [1.82, 2.24) is 5.32 Å². The molecular formula is C18H30N2O2. The number of carbonyl (C=O) groups is 1. The first kappa shape index (κ1) is 18.7. The Balaban J connectivity index is 2.57. The fourth-order valence-corrected chi connectivity index (χ4v) is 2.27. The first-order valence-electron chi connectivity index (χ1n) is 8.03. The summed E-state index contributed by atoms with van der Waals surface area (Å²) in [5.41, 5.74) is 1.18. The van der Waals surface area contributed by atoms with E-state index in [0.717, 1.165) is 24.1 Å².